The molecule has 1 rings (SSSR count). The molecule has 2 heteroatoms. The highest BCUT2D eigenvalue weighted by Crippen LogP contribution is 2.25. The molecule has 0 unspecified atom stereocenters. The summed E-state index contributed by atoms with van der Waals surface area (Å²) in [7, 11) is 3.61. The van der Waals surface area contributed by atoms with Crippen molar-refractivity contribution in [2.45, 2.75) is 19.8 Å². The van der Waals surface area contributed by atoms with Crippen LogP contribution in [-0.2, 0) is 4.79 Å². The van der Waals surface area contributed by atoms with Crippen LogP contribution < -0.4 is 0 Å². The first-order valence-corrected chi connectivity index (χ1v) is 5.30. The molecule has 1 aromatic carbocycles. The molecule has 0 spiro atoms. The first-order valence-electron chi connectivity index (χ1n) is 5.30. The van der Waals surface area contributed by atoms with Crippen molar-refractivity contribution >= 4 is 5.91 Å². The predicted molar refractivity (Wildman–Crippen MR) is 62.7 cm³/mol. The zero-order valence-corrected chi connectivity index (χ0v) is 9.90. The predicted octanol–water partition coefficient (Wildman–Crippen LogP) is 2.51. The van der Waals surface area contributed by atoms with Crippen LogP contribution in [0.25, 0.3) is 0 Å². The lowest BCUT2D eigenvalue weighted by Crippen LogP contribution is -2.31. The topological polar surface area (TPSA) is 20.3 Å². The van der Waals surface area contributed by atoms with Gasteiger partial charge in [-0.05, 0) is 11.5 Å². The van der Waals surface area contributed by atoms with Crippen LogP contribution in [0.4, 0.5) is 0 Å². The third-order valence-corrected chi connectivity index (χ3v) is 2.53. The number of nitrogens with zero attached hydrogens (tertiary/aromatic N) is 1. The number of carbonyl (C=O) groups excluding carboxylic acids is 1. The molecule has 1 atom stereocenters. The maximum absolute atomic E-state index is 12.0. The Morgan fingerprint density at radius 1 is 1.13 bits per heavy atom. The van der Waals surface area contributed by atoms with E-state index in [9.17, 15) is 4.79 Å². The van der Waals surface area contributed by atoms with Gasteiger partial charge in [-0.3, -0.25) is 4.79 Å². The van der Waals surface area contributed by atoms with Gasteiger partial charge < -0.3 is 4.90 Å². The molecule has 2 nitrogen and oxygen atoms in total. The number of hydrogen-bond donors (Lipinski definition) is 0. The van der Waals surface area contributed by atoms with Crippen LogP contribution in [-0.4, -0.2) is 24.9 Å². The van der Waals surface area contributed by atoms with E-state index in [1.807, 2.05) is 30.3 Å². The summed E-state index contributed by atoms with van der Waals surface area (Å²) in [6, 6.07) is 9.97. The summed E-state index contributed by atoms with van der Waals surface area (Å²) in [6.07, 6.45) is 0. The first-order chi connectivity index (χ1) is 7.04. The second-order valence-corrected chi connectivity index (χ2v) is 4.37. The summed E-state index contributed by atoms with van der Waals surface area (Å²) in [6.45, 7) is 4.16. The van der Waals surface area contributed by atoms with Gasteiger partial charge in [0.05, 0.1) is 5.92 Å². The molecule has 0 bridgehead atoms. The van der Waals surface area contributed by atoms with E-state index in [4.69, 9.17) is 0 Å². The molecule has 0 saturated carbocycles. The Bertz CT molecular complexity index is 317. The van der Waals surface area contributed by atoms with Crippen LogP contribution >= 0.6 is 0 Å². The summed E-state index contributed by atoms with van der Waals surface area (Å²) < 4.78 is 0. The molecule has 0 heterocycles. The molecule has 1 aromatic rings. The largest absolute Gasteiger partial charge is 0.348 e. The van der Waals surface area contributed by atoms with Gasteiger partial charge in [0.1, 0.15) is 0 Å². The molecule has 1 amide bonds. The summed E-state index contributed by atoms with van der Waals surface area (Å²) in [5, 5.41) is 0. The van der Waals surface area contributed by atoms with Crippen molar-refractivity contribution in [1.29, 1.82) is 0 Å². The average molecular weight is 205 g/mol. The molecule has 0 radical (unpaired) electrons. The summed E-state index contributed by atoms with van der Waals surface area (Å²) in [5.41, 5.74) is 1.10. The van der Waals surface area contributed by atoms with Crippen molar-refractivity contribution in [3.05, 3.63) is 35.9 Å². The zero-order valence-electron chi connectivity index (χ0n) is 9.90. The zero-order chi connectivity index (χ0) is 11.4. The Morgan fingerprint density at radius 3 is 2.07 bits per heavy atom. The molecule has 0 fully saturated rings. The van der Waals surface area contributed by atoms with Gasteiger partial charge in [0.15, 0.2) is 0 Å². The molecule has 15 heavy (non-hydrogen) atoms. The van der Waals surface area contributed by atoms with Gasteiger partial charge in [-0.2, -0.15) is 0 Å². The van der Waals surface area contributed by atoms with Crippen molar-refractivity contribution in [2.75, 3.05) is 14.1 Å². The maximum atomic E-state index is 12.0. The average Bonchev–Trinajstić information content (AvgIpc) is 2.18. The molecular weight excluding hydrogens is 186 g/mol. The minimum atomic E-state index is -0.0267. The minimum absolute atomic E-state index is 0.0267. The van der Waals surface area contributed by atoms with Crippen molar-refractivity contribution in [3.63, 3.8) is 0 Å². The Hall–Kier alpha value is -1.31. The van der Waals surface area contributed by atoms with Crippen molar-refractivity contribution in [2.24, 2.45) is 5.92 Å². The molecule has 0 N–H and O–H groups in total. The monoisotopic (exact) mass is 205 g/mol. The molecule has 0 aliphatic carbocycles. The van der Waals surface area contributed by atoms with Crippen molar-refractivity contribution < 1.29 is 4.79 Å². The van der Waals surface area contributed by atoms with Crippen LogP contribution in [0.2, 0.25) is 0 Å². The van der Waals surface area contributed by atoms with Crippen molar-refractivity contribution in [3.8, 4) is 0 Å². The number of carbonyl (C=O) groups is 1. The van der Waals surface area contributed by atoms with Gasteiger partial charge in [-0.25, -0.2) is 0 Å². The van der Waals surface area contributed by atoms with E-state index in [0.29, 0.717) is 5.92 Å². The quantitative estimate of drug-likeness (QED) is 0.742. The Balaban J connectivity index is 2.99. The van der Waals surface area contributed by atoms with E-state index in [2.05, 4.69) is 13.8 Å². The summed E-state index contributed by atoms with van der Waals surface area (Å²) in [4.78, 5) is 13.7. The Labute approximate surface area is 91.9 Å². The van der Waals surface area contributed by atoms with Crippen molar-refractivity contribution in [1.82, 2.24) is 4.90 Å². The van der Waals surface area contributed by atoms with E-state index in [1.165, 1.54) is 0 Å². The molecule has 0 saturated heterocycles. The number of amides is 1. The van der Waals surface area contributed by atoms with Crippen LogP contribution in [0.3, 0.4) is 0 Å². The van der Waals surface area contributed by atoms with Gasteiger partial charge in [0.2, 0.25) is 5.91 Å². The van der Waals surface area contributed by atoms with Crippen LogP contribution in [0.15, 0.2) is 30.3 Å². The molecule has 82 valence electrons. The standard InChI is InChI=1S/C13H19NO/c1-10(2)12(13(15)14(3)4)11-8-6-5-7-9-11/h5-10,12H,1-4H3/t12-/m1/s1. The van der Waals surface area contributed by atoms with Gasteiger partial charge >= 0.3 is 0 Å². The fourth-order valence-electron chi connectivity index (χ4n) is 1.75. The summed E-state index contributed by atoms with van der Waals surface area (Å²) in [5.74, 6) is 0.472. The fraction of sp³-hybridized carbons (Fsp3) is 0.462. The number of rotatable bonds is 3. The number of likely N-dealkylation sites (N-methyl/N-ethyl adjacent to an activating group) is 1. The lowest BCUT2D eigenvalue weighted by Gasteiger charge is -2.23. The van der Waals surface area contributed by atoms with E-state index in [0.717, 1.165) is 5.56 Å². The molecule has 0 aliphatic heterocycles. The lowest BCUT2D eigenvalue weighted by atomic mass is 9.87. The van der Waals surface area contributed by atoms with E-state index < -0.39 is 0 Å². The number of hydrogen-bond acceptors (Lipinski definition) is 1. The molecular formula is C13H19NO. The minimum Gasteiger partial charge on any atom is -0.348 e. The number of benzene rings is 1. The van der Waals surface area contributed by atoms with Crippen LogP contribution in [0, 0.1) is 5.92 Å². The summed E-state index contributed by atoms with van der Waals surface area (Å²) >= 11 is 0. The SMILES string of the molecule is CC(C)[C@@H](C(=O)N(C)C)c1ccccc1. The Morgan fingerprint density at radius 2 is 1.67 bits per heavy atom. The van der Waals surface area contributed by atoms with E-state index in [1.54, 1.807) is 19.0 Å². The van der Waals surface area contributed by atoms with E-state index in [-0.39, 0.29) is 11.8 Å². The third-order valence-electron chi connectivity index (χ3n) is 2.53. The lowest BCUT2D eigenvalue weighted by molar-refractivity contribution is -0.131. The second-order valence-electron chi connectivity index (χ2n) is 4.37. The Kier molecular flexibility index (Phi) is 3.89. The van der Waals surface area contributed by atoms with Crippen LogP contribution in [0.1, 0.15) is 25.3 Å². The highest BCUT2D eigenvalue weighted by atomic mass is 16.2. The van der Waals surface area contributed by atoms with Gasteiger partial charge in [0, 0.05) is 14.1 Å². The normalized spacial score (nSPS) is 12.6. The highest BCUT2D eigenvalue weighted by Gasteiger charge is 2.24. The third kappa shape index (κ3) is 2.82. The smallest absolute Gasteiger partial charge is 0.229 e. The van der Waals surface area contributed by atoms with Gasteiger partial charge in [0.25, 0.3) is 0 Å². The fourth-order valence-corrected chi connectivity index (χ4v) is 1.75. The second kappa shape index (κ2) is 4.96. The van der Waals surface area contributed by atoms with Gasteiger partial charge in [-0.15, -0.1) is 0 Å². The van der Waals surface area contributed by atoms with Crippen LogP contribution in [0.5, 0.6) is 0 Å². The molecule has 0 aromatic heterocycles. The van der Waals surface area contributed by atoms with E-state index >= 15 is 0 Å². The maximum Gasteiger partial charge on any atom is 0.229 e. The van der Waals surface area contributed by atoms with Gasteiger partial charge in [-0.1, -0.05) is 44.2 Å². The highest BCUT2D eigenvalue weighted by molar-refractivity contribution is 5.83. The first kappa shape index (κ1) is 11.8. The molecule has 0 aliphatic rings.